The number of nitrogens with one attached hydrogen (secondary N) is 2. The number of rotatable bonds is 5. The molecule has 1 aromatic heterocycles. The Labute approximate surface area is 194 Å². The van der Waals surface area contributed by atoms with Crippen LogP contribution in [0.15, 0.2) is 24.3 Å². The van der Waals surface area contributed by atoms with Gasteiger partial charge in [0.1, 0.15) is 12.4 Å². The van der Waals surface area contributed by atoms with Crippen LogP contribution in [0, 0.1) is 0 Å². The number of alkyl halides is 3. The van der Waals surface area contributed by atoms with Crippen LogP contribution in [0.2, 0.25) is 0 Å². The Hall–Kier alpha value is -3.41. The van der Waals surface area contributed by atoms with Gasteiger partial charge in [-0.15, -0.1) is 0 Å². The second-order valence-electron chi connectivity index (χ2n) is 8.24. The maximum Gasteiger partial charge on any atom is 0.405 e. The fraction of sp³-hybridized carbons (Fsp3) is 0.455. The summed E-state index contributed by atoms with van der Waals surface area (Å²) in [5, 5.41) is 4.13. The highest BCUT2D eigenvalue weighted by Crippen LogP contribution is 2.31. The monoisotopic (exact) mass is 478 g/mol. The topological polar surface area (TPSA) is 99.7 Å². The molecule has 1 aromatic carbocycles. The SMILES string of the molecule is CC1COCCN1c1nc(-c2ccc(NC(=O)NCC(F)(F)F)cc2)nc2c1CCN(C=O)C2. The van der Waals surface area contributed by atoms with Gasteiger partial charge in [-0.05, 0) is 37.6 Å². The smallest absolute Gasteiger partial charge is 0.377 e. The number of nitrogens with zero attached hydrogens (tertiary/aromatic N) is 4. The maximum atomic E-state index is 12.3. The molecule has 4 rings (SSSR count). The van der Waals surface area contributed by atoms with Crippen molar-refractivity contribution >= 4 is 23.9 Å². The molecule has 2 aliphatic heterocycles. The molecule has 182 valence electrons. The number of ether oxygens (including phenoxy) is 1. The lowest BCUT2D eigenvalue weighted by Gasteiger charge is -2.37. The maximum absolute atomic E-state index is 12.3. The third-order valence-corrected chi connectivity index (χ3v) is 5.71. The van der Waals surface area contributed by atoms with E-state index < -0.39 is 18.8 Å². The summed E-state index contributed by atoms with van der Waals surface area (Å²) in [5.74, 6) is 1.29. The minimum Gasteiger partial charge on any atom is -0.377 e. The second-order valence-corrected chi connectivity index (χ2v) is 8.24. The number of hydrogen-bond donors (Lipinski definition) is 2. The van der Waals surface area contributed by atoms with E-state index in [4.69, 9.17) is 14.7 Å². The zero-order valence-corrected chi connectivity index (χ0v) is 18.6. The molecular formula is C22H25F3N6O3. The van der Waals surface area contributed by atoms with Crippen LogP contribution < -0.4 is 15.5 Å². The van der Waals surface area contributed by atoms with Crippen molar-refractivity contribution in [1.29, 1.82) is 0 Å². The minimum atomic E-state index is -4.49. The van der Waals surface area contributed by atoms with Crippen LogP contribution in [0.3, 0.4) is 0 Å². The summed E-state index contributed by atoms with van der Waals surface area (Å²) in [6, 6.07) is 5.70. The third-order valence-electron chi connectivity index (χ3n) is 5.71. The second kappa shape index (κ2) is 9.84. The third kappa shape index (κ3) is 5.56. The van der Waals surface area contributed by atoms with Gasteiger partial charge in [0.2, 0.25) is 6.41 Å². The molecule has 1 fully saturated rings. The Balaban J connectivity index is 1.59. The normalized spacial score (nSPS) is 18.3. The van der Waals surface area contributed by atoms with Crippen molar-refractivity contribution in [3.05, 3.63) is 35.5 Å². The molecule has 12 heteroatoms. The molecule has 1 unspecified atom stereocenters. The molecular weight excluding hydrogens is 453 g/mol. The van der Waals surface area contributed by atoms with Gasteiger partial charge in [0, 0.05) is 29.9 Å². The average molecular weight is 478 g/mol. The first-order valence-electron chi connectivity index (χ1n) is 10.9. The highest BCUT2D eigenvalue weighted by Gasteiger charge is 2.29. The zero-order chi connectivity index (χ0) is 24.3. The Bertz CT molecular complexity index is 1050. The molecule has 9 nitrogen and oxygen atoms in total. The molecule has 0 radical (unpaired) electrons. The van der Waals surface area contributed by atoms with Crippen molar-refractivity contribution < 1.29 is 27.5 Å². The van der Waals surface area contributed by atoms with Crippen LogP contribution in [-0.4, -0.2) is 72.4 Å². The number of halogens is 3. The summed E-state index contributed by atoms with van der Waals surface area (Å²) in [4.78, 5) is 36.5. The van der Waals surface area contributed by atoms with E-state index in [1.807, 2.05) is 0 Å². The fourth-order valence-electron chi connectivity index (χ4n) is 3.99. The van der Waals surface area contributed by atoms with Crippen molar-refractivity contribution in [3.63, 3.8) is 0 Å². The first kappa shape index (κ1) is 23.7. The summed E-state index contributed by atoms with van der Waals surface area (Å²) in [7, 11) is 0. The van der Waals surface area contributed by atoms with E-state index in [0.29, 0.717) is 56.3 Å². The summed E-state index contributed by atoms with van der Waals surface area (Å²) in [5.41, 5.74) is 2.81. The molecule has 3 heterocycles. The number of carbonyl (C=O) groups excluding carboxylic acids is 2. The highest BCUT2D eigenvalue weighted by atomic mass is 19.4. The van der Waals surface area contributed by atoms with E-state index in [0.717, 1.165) is 23.5 Å². The molecule has 2 N–H and O–H groups in total. The van der Waals surface area contributed by atoms with E-state index in [1.54, 1.807) is 34.5 Å². The number of aromatic nitrogens is 2. The molecule has 34 heavy (non-hydrogen) atoms. The molecule has 2 aliphatic rings. The Kier molecular flexibility index (Phi) is 6.87. The Morgan fingerprint density at radius 3 is 2.68 bits per heavy atom. The van der Waals surface area contributed by atoms with Gasteiger partial charge in [-0.3, -0.25) is 4.79 Å². The lowest BCUT2D eigenvalue weighted by Crippen LogP contribution is -2.45. The zero-order valence-electron chi connectivity index (χ0n) is 18.6. The predicted octanol–water partition coefficient (Wildman–Crippen LogP) is 2.57. The molecule has 2 aromatic rings. The number of benzene rings is 1. The summed E-state index contributed by atoms with van der Waals surface area (Å²) < 4.78 is 42.4. The van der Waals surface area contributed by atoms with Gasteiger partial charge >= 0.3 is 12.2 Å². The molecule has 1 saturated heterocycles. The Morgan fingerprint density at radius 2 is 2.00 bits per heavy atom. The van der Waals surface area contributed by atoms with Crippen LogP contribution in [-0.2, 0) is 22.5 Å². The minimum absolute atomic E-state index is 0.131. The van der Waals surface area contributed by atoms with Crippen molar-refractivity contribution in [2.24, 2.45) is 0 Å². The van der Waals surface area contributed by atoms with E-state index in [1.165, 1.54) is 0 Å². The van der Waals surface area contributed by atoms with Crippen LogP contribution in [0.5, 0.6) is 0 Å². The number of fused-ring (bicyclic) bond motifs is 1. The van der Waals surface area contributed by atoms with Crippen molar-refractivity contribution in [3.8, 4) is 11.4 Å². The molecule has 0 bridgehead atoms. The number of hydrogen-bond acceptors (Lipinski definition) is 6. The van der Waals surface area contributed by atoms with Gasteiger partial charge in [0.25, 0.3) is 0 Å². The van der Waals surface area contributed by atoms with Gasteiger partial charge in [-0.1, -0.05) is 0 Å². The van der Waals surface area contributed by atoms with Gasteiger partial charge < -0.3 is 25.2 Å². The molecule has 0 saturated carbocycles. The molecule has 3 amide bonds. The first-order chi connectivity index (χ1) is 16.2. The van der Waals surface area contributed by atoms with E-state index in [9.17, 15) is 22.8 Å². The lowest BCUT2D eigenvalue weighted by molar-refractivity contribution is -0.122. The van der Waals surface area contributed by atoms with Crippen LogP contribution >= 0.6 is 0 Å². The van der Waals surface area contributed by atoms with Crippen LogP contribution in [0.4, 0.5) is 29.5 Å². The number of morpholine rings is 1. The largest absolute Gasteiger partial charge is 0.405 e. The quantitative estimate of drug-likeness (QED) is 0.641. The predicted molar refractivity (Wildman–Crippen MR) is 118 cm³/mol. The number of amides is 3. The van der Waals surface area contributed by atoms with Gasteiger partial charge in [-0.25, -0.2) is 14.8 Å². The first-order valence-corrected chi connectivity index (χ1v) is 10.9. The van der Waals surface area contributed by atoms with E-state index in [-0.39, 0.29) is 6.04 Å². The molecule has 1 atom stereocenters. The van der Waals surface area contributed by atoms with Crippen molar-refractivity contribution in [2.75, 3.05) is 43.1 Å². The number of urea groups is 1. The van der Waals surface area contributed by atoms with Crippen LogP contribution in [0.1, 0.15) is 18.2 Å². The van der Waals surface area contributed by atoms with Gasteiger partial charge in [0.15, 0.2) is 5.82 Å². The highest BCUT2D eigenvalue weighted by molar-refractivity contribution is 5.89. The fourth-order valence-corrected chi connectivity index (χ4v) is 3.99. The van der Waals surface area contributed by atoms with Crippen LogP contribution in [0.25, 0.3) is 11.4 Å². The van der Waals surface area contributed by atoms with Gasteiger partial charge in [-0.2, -0.15) is 13.2 Å². The van der Waals surface area contributed by atoms with Crippen molar-refractivity contribution in [1.82, 2.24) is 20.2 Å². The average Bonchev–Trinajstić information content (AvgIpc) is 2.82. The van der Waals surface area contributed by atoms with Gasteiger partial charge in [0.05, 0.1) is 31.5 Å². The summed E-state index contributed by atoms with van der Waals surface area (Å²) in [6.07, 6.45) is -3.02. The summed E-state index contributed by atoms with van der Waals surface area (Å²) >= 11 is 0. The van der Waals surface area contributed by atoms with E-state index in [2.05, 4.69) is 17.1 Å². The summed E-state index contributed by atoms with van der Waals surface area (Å²) in [6.45, 7) is 3.51. The standard InChI is InChI=1S/C22H25F3N6O3/c1-14-11-34-9-8-31(14)20-17-6-7-30(13-32)10-18(17)28-19(29-20)15-2-4-16(5-3-15)27-21(33)26-12-22(23,24)25/h2-5,13-14H,6-12H2,1H3,(H2,26,27,33). The Morgan fingerprint density at radius 1 is 1.24 bits per heavy atom. The number of carbonyl (C=O) groups is 2. The lowest BCUT2D eigenvalue weighted by atomic mass is 10.0. The van der Waals surface area contributed by atoms with E-state index >= 15 is 0 Å². The molecule has 0 aliphatic carbocycles. The molecule has 0 spiro atoms. The number of anilines is 2. The van der Waals surface area contributed by atoms with Crippen molar-refractivity contribution in [2.45, 2.75) is 32.1 Å².